The van der Waals surface area contributed by atoms with Crippen LogP contribution in [-0.4, -0.2) is 41.1 Å². The van der Waals surface area contributed by atoms with Crippen LogP contribution in [0, 0.1) is 0 Å². The molecule has 0 aliphatic carbocycles. The Bertz CT molecular complexity index is 2130. The van der Waals surface area contributed by atoms with Gasteiger partial charge in [-0.2, -0.15) is 4.31 Å². The van der Waals surface area contributed by atoms with Crippen molar-refractivity contribution in [3.8, 4) is 10.6 Å². The number of hydrogen-bond acceptors (Lipinski definition) is 7. The van der Waals surface area contributed by atoms with E-state index >= 15 is 0 Å². The zero-order valence-corrected chi connectivity index (χ0v) is 29.2. The Balaban J connectivity index is 1.16. The molecule has 0 fully saturated rings. The smallest absolute Gasteiger partial charge is 0.256 e. The van der Waals surface area contributed by atoms with Gasteiger partial charge in [-0.15, -0.1) is 22.7 Å². The Kier molecular flexibility index (Phi) is 9.26. The topological polar surface area (TPSA) is 82.6 Å². The van der Waals surface area contributed by atoms with Crippen molar-refractivity contribution in [2.45, 2.75) is 50.8 Å². The van der Waals surface area contributed by atoms with Gasteiger partial charge in [-0.1, -0.05) is 72.8 Å². The van der Waals surface area contributed by atoms with Gasteiger partial charge in [0.1, 0.15) is 10.0 Å². The maximum absolute atomic E-state index is 13.7. The molecule has 4 aromatic carbocycles. The van der Waals surface area contributed by atoms with E-state index in [0.29, 0.717) is 5.56 Å². The monoisotopic (exact) mass is 692 g/mol. The number of nitrogens with zero attached hydrogens (tertiary/aromatic N) is 3. The van der Waals surface area contributed by atoms with E-state index in [0.717, 1.165) is 57.4 Å². The number of fused-ring (bicyclic) bond motifs is 2. The first-order valence-corrected chi connectivity index (χ1v) is 19.1. The summed E-state index contributed by atoms with van der Waals surface area (Å²) in [5.41, 5.74) is 5.76. The normalized spacial score (nSPS) is 13.7. The molecule has 0 radical (unpaired) electrons. The van der Waals surface area contributed by atoms with Crippen LogP contribution in [0.3, 0.4) is 0 Å². The first-order chi connectivity index (χ1) is 23.3. The molecule has 0 saturated heterocycles. The zero-order chi connectivity index (χ0) is 33.3. The lowest BCUT2D eigenvalue weighted by Crippen LogP contribution is -2.36. The predicted molar refractivity (Wildman–Crippen MR) is 196 cm³/mol. The van der Waals surface area contributed by atoms with E-state index in [4.69, 9.17) is 4.98 Å². The molecule has 3 heterocycles. The number of sulfonamides is 1. The third-order valence-corrected chi connectivity index (χ3v) is 12.8. The van der Waals surface area contributed by atoms with Gasteiger partial charge in [0.15, 0.2) is 0 Å². The molecule has 1 aliphatic heterocycles. The molecule has 7 nitrogen and oxygen atoms in total. The summed E-state index contributed by atoms with van der Waals surface area (Å²) in [5.74, 6) is -0.286. The van der Waals surface area contributed by atoms with Crippen molar-refractivity contribution in [1.29, 1.82) is 0 Å². The SMILES string of the molecule is CC(C)N(Cc1ccccc1)S(=O)(=O)c1ccc(C(=O)Nc2sc3c(c2-c2nc4ccccc4s2)CCN(Cc2ccccc2)C3)cc1. The number of hydrogen-bond donors (Lipinski definition) is 1. The number of para-hydroxylation sites is 1. The largest absolute Gasteiger partial charge is 0.313 e. The number of aromatic nitrogens is 1. The number of benzene rings is 4. The van der Waals surface area contributed by atoms with E-state index in [9.17, 15) is 13.2 Å². The molecule has 1 amide bonds. The average Bonchev–Trinajstić information content (AvgIpc) is 3.68. The lowest BCUT2D eigenvalue weighted by atomic mass is 10.0. The Hall–Kier alpha value is -4.19. The van der Waals surface area contributed by atoms with Crippen molar-refractivity contribution in [3.63, 3.8) is 0 Å². The Morgan fingerprint density at radius 3 is 2.23 bits per heavy atom. The summed E-state index contributed by atoms with van der Waals surface area (Å²) in [6.07, 6.45) is 0.863. The molecule has 10 heteroatoms. The standard InChI is InChI=1S/C38H36N4O3S3/c1-26(2)42(24-28-13-7-4-8-14-28)48(44,45)30-19-17-29(18-20-30)36(43)40-38-35(37-39-32-15-9-10-16-33(32)46-37)31-21-22-41(25-34(31)47-38)23-27-11-5-3-6-12-27/h3-20,26H,21-25H2,1-2H3,(H,40,43). The van der Waals surface area contributed by atoms with E-state index < -0.39 is 10.0 Å². The fourth-order valence-electron chi connectivity index (χ4n) is 6.12. The van der Waals surface area contributed by atoms with Gasteiger partial charge in [0.25, 0.3) is 5.91 Å². The fourth-order valence-corrected chi connectivity index (χ4v) is 10.1. The number of rotatable bonds is 10. The second kappa shape index (κ2) is 13.7. The minimum Gasteiger partial charge on any atom is -0.313 e. The molecule has 1 aliphatic rings. The van der Waals surface area contributed by atoms with Crippen LogP contribution in [-0.2, 0) is 36.1 Å². The van der Waals surface area contributed by atoms with E-state index in [1.54, 1.807) is 34.8 Å². The van der Waals surface area contributed by atoms with Crippen LogP contribution >= 0.6 is 22.7 Å². The molecular weight excluding hydrogens is 657 g/mol. The van der Waals surface area contributed by atoms with Crippen molar-refractivity contribution in [3.05, 3.63) is 136 Å². The summed E-state index contributed by atoms with van der Waals surface area (Å²) >= 11 is 3.25. The van der Waals surface area contributed by atoms with Crippen LogP contribution in [0.1, 0.15) is 45.8 Å². The molecule has 2 aromatic heterocycles. The van der Waals surface area contributed by atoms with Crippen molar-refractivity contribution in [2.24, 2.45) is 0 Å². The highest BCUT2D eigenvalue weighted by atomic mass is 32.2. The molecule has 1 N–H and O–H groups in total. The summed E-state index contributed by atoms with van der Waals surface area (Å²) in [4.78, 5) is 22.6. The third kappa shape index (κ3) is 6.72. The number of anilines is 1. The molecule has 244 valence electrons. The van der Waals surface area contributed by atoms with Crippen LogP contribution in [0.15, 0.2) is 114 Å². The highest BCUT2D eigenvalue weighted by Crippen LogP contribution is 2.46. The van der Waals surface area contributed by atoms with Crippen molar-refractivity contribution in [1.82, 2.24) is 14.2 Å². The number of amides is 1. The van der Waals surface area contributed by atoms with Crippen LogP contribution in [0.4, 0.5) is 5.00 Å². The first kappa shape index (κ1) is 32.4. The molecule has 7 rings (SSSR count). The summed E-state index contributed by atoms with van der Waals surface area (Å²) in [6, 6.07) is 34.1. The molecular formula is C38H36N4O3S3. The number of carbonyl (C=O) groups is 1. The number of nitrogens with one attached hydrogen (secondary N) is 1. The van der Waals surface area contributed by atoms with Crippen molar-refractivity contribution < 1.29 is 13.2 Å². The van der Waals surface area contributed by atoms with Gasteiger partial charge in [-0.25, -0.2) is 13.4 Å². The molecule has 48 heavy (non-hydrogen) atoms. The minimum absolute atomic E-state index is 0.156. The fraction of sp³-hybridized carbons (Fsp3) is 0.211. The Morgan fingerprint density at radius 1 is 0.875 bits per heavy atom. The van der Waals surface area contributed by atoms with Gasteiger partial charge in [-0.3, -0.25) is 9.69 Å². The Morgan fingerprint density at radius 2 is 1.54 bits per heavy atom. The number of carbonyl (C=O) groups excluding carboxylic acids is 1. The lowest BCUT2D eigenvalue weighted by Gasteiger charge is -2.27. The summed E-state index contributed by atoms with van der Waals surface area (Å²) < 4.78 is 30.0. The van der Waals surface area contributed by atoms with E-state index in [1.165, 1.54) is 32.4 Å². The van der Waals surface area contributed by atoms with Crippen LogP contribution < -0.4 is 5.32 Å². The third-order valence-electron chi connectivity index (χ3n) is 8.60. The van der Waals surface area contributed by atoms with Gasteiger partial charge in [0.05, 0.1) is 15.1 Å². The highest BCUT2D eigenvalue weighted by Gasteiger charge is 2.30. The molecule has 0 spiro atoms. The summed E-state index contributed by atoms with van der Waals surface area (Å²) in [5, 5.41) is 4.86. The van der Waals surface area contributed by atoms with Crippen molar-refractivity contribution in [2.75, 3.05) is 11.9 Å². The molecule has 0 saturated carbocycles. The number of thiophene rings is 1. The first-order valence-electron chi connectivity index (χ1n) is 16.0. The lowest BCUT2D eigenvalue weighted by molar-refractivity contribution is 0.102. The van der Waals surface area contributed by atoms with E-state index in [2.05, 4.69) is 40.5 Å². The summed E-state index contributed by atoms with van der Waals surface area (Å²) in [7, 11) is -3.79. The number of thiazole rings is 1. The molecule has 0 unspecified atom stereocenters. The van der Waals surface area contributed by atoms with Crippen molar-refractivity contribution >= 4 is 53.8 Å². The van der Waals surface area contributed by atoms with E-state index in [-0.39, 0.29) is 23.4 Å². The molecule has 0 bridgehead atoms. The minimum atomic E-state index is -3.79. The highest BCUT2D eigenvalue weighted by molar-refractivity contribution is 7.89. The zero-order valence-electron chi connectivity index (χ0n) is 26.8. The second-order valence-corrected chi connectivity index (χ2v) is 16.3. The van der Waals surface area contributed by atoms with Crippen LogP contribution in [0.25, 0.3) is 20.8 Å². The van der Waals surface area contributed by atoms with Crippen LogP contribution in [0.2, 0.25) is 0 Å². The van der Waals surface area contributed by atoms with E-state index in [1.807, 2.05) is 68.4 Å². The molecule has 6 aromatic rings. The average molecular weight is 693 g/mol. The van der Waals surface area contributed by atoms with Gasteiger partial charge in [0, 0.05) is 48.2 Å². The predicted octanol–water partition coefficient (Wildman–Crippen LogP) is 8.43. The Labute approximate surface area is 289 Å². The van der Waals surface area contributed by atoms with Crippen LogP contribution in [0.5, 0.6) is 0 Å². The maximum Gasteiger partial charge on any atom is 0.256 e. The second-order valence-electron chi connectivity index (χ2n) is 12.2. The summed E-state index contributed by atoms with van der Waals surface area (Å²) in [6.45, 7) is 6.58. The van der Waals surface area contributed by atoms with Gasteiger partial charge in [0.2, 0.25) is 10.0 Å². The van der Waals surface area contributed by atoms with Gasteiger partial charge in [-0.05, 0) is 73.4 Å². The molecule has 0 atom stereocenters. The van der Waals surface area contributed by atoms with Gasteiger partial charge < -0.3 is 5.32 Å². The maximum atomic E-state index is 13.7. The van der Waals surface area contributed by atoms with Gasteiger partial charge >= 0.3 is 0 Å². The quantitative estimate of drug-likeness (QED) is 0.156.